The van der Waals surface area contributed by atoms with Crippen molar-refractivity contribution in [2.24, 2.45) is 0 Å². The predicted octanol–water partition coefficient (Wildman–Crippen LogP) is 0.491. The molecule has 0 aliphatic heterocycles. The van der Waals surface area contributed by atoms with Crippen LogP contribution in [0.1, 0.15) is 0 Å². The first-order valence-corrected chi connectivity index (χ1v) is 3.93. The summed E-state index contributed by atoms with van der Waals surface area (Å²) in [5.41, 5.74) is -0.151. The smallest absolute Gasteiger partial charge is 0.347 e. The van der Waals surface area contributed by atoms with Crippen LogP contribution in [0.3, 0.4) is 0 Å². The van der Waals surface area contributed by atoms with Gasteiger partial charge in [0.15, 0.2) is 5.75 Å². The van der Waals surface area contributed by atoms with Crippen LogP contribution in [0.4, 0.5) is 0 Å². The number of halogens is 1. The highest BCUT2D eigenvalue weighted by Crippen LogP contribution is 2.25. The lowest BCUT2D eigenvalue weighted by Crippen LogP contribution is -2.08. The SMILES string of the molecule is O=c1[nH]nc2c(O)c(Br)ccn12. The van der Waals surface area contributed by atoms with Gasteiger partial charge in [0, 0.05) is 6.20 Å². The Morgan fingerprint density at radius 3 is 3.17 bits per heavy atom. The molecule has 2 aromatic rings. The van der Waals surface area contributed by atoms with Gasteiger partial charge in [0.2, 0.25) is 5.65 Å². The van der Waals surface area contributed by atoms with Crippen LogP contribution >= 0.6 is 15.9 Å². The molecule has 0 spiro atoms. The normalized spacial score (nSPS) is 10.8. The molecule has 0 aromatic carbocycles. The van der Waals surface area contributed by atoms with Gasteiger partial charge in [0.25, 0.3) is 0 Å². The number of hydrogen-bond acceptors (Lipinski definition) is 3. The number of rotatable bonds is 0. The molecular formula is C6H4BrN3O2. The minimum Gasteiger partial charge on any atom is -0.503 e. The fourth-order valence-electron chi connectivity index (χ4n) is 0.936. The van der Waals surface area contributed by atoms with Crippen LogP contribution in [0.15, 0.2) is 21.5 Å². The van der Waals surface area contributed by atoms with Crippen LogP contribution < -0.4 is 5.69 Å². The Balaban J connectivity index is 3.02. The van der Waals surface area contributed by atoms with E-state index in [-0.39, 0.29) is 17.1 Å². The van der Waals surface area contributed by atoms with Crippen LogP contribution in [0.5, 0.6) is 5.75 Å². The van der Waals surface area contributed by atoms with Crippen molar-refractivity contribution in [1.29, 1.82) is 0 Å². The first-order chi connectivity index (χ1) is 5.70. The van der Waals surface area contributed by atoms with Crippen LogP contribution in [0, 0.1) is 0 Å². The highest BCUT2D eigenvalue weighted by Gasteiger charge is 2.07. The largest absolute Gasteiger partial charge is 0.503 e. The molecule has 0 radical (unpaired) electrons. The summed E-state index contributed by atoms with van der Waals surface area (Å²) in [7, 11) is 0. The zero-order valence-electron chi connectivity index (χ0n) is 5.78. The van der Waals surface area contributed by atoms with E-state index in [1.807, 2.05) is 0 Å². The number of H-pyrrole nitrogens is 1. The maximum atomic E-state index is 11.0. The Kier molecular flexibility index (Phi) is 1.44. The van der Waals surface area contributed by atoms with Gasteiger partial charge in [-0.15, -0.1) is 5.10 Å². The first-order valence-electron chi connectivity index (χ1n) is 3.14. The highest BCUT2D eigenvalue weighted by molar-refractivity contribution is 9.10. The average Bonchev–Trinajstić information content (AvgIpc) is 2.41. The van der Waals surface area contributed by atoms with Crippen LogP contribution in [-0.2, 0) is 0 Å². The molecule has 0 amide bonds. The van der Waals surface area contributed by atoms with Gasteiger partial charge in [-0.25, -0.2) is 14.3 Å². The van der Waals surface area contributed by atoms with E-state index in [1.54, 1.807) is 6.07 Å². The maximum Gasteiger partial charge on any atom is 0.347 e. The fourth-order valence-corrected chi connectivity index (χ4v) is 1.23. The molecule has 2 rings (SSSR count). The number of fused-ring (bicyclic) bond motifs is 1. The van der Waals surface area contributed by atoms with E-state index in [9.17, 15) is 9.90 Å². The van der Waals surface area contributed by atoms with Gasteiger partial charge >= 0.3 is 5.69 Å². The quantitative estimate of drug-likeness (QED) is 0.691. The second kappa shape index (κ2) is 2.34. The lowest BCUT2D eigenvalue weighted by molar-refractivity contribution is 0.474. The lowest BCUT2D eigenvalue weighted by atomic mass is 10.4. The molecule has 0 fully saturated rings. The molecule has 0 unspecified atom stereocenters. The number of aromatic amines is 1. The van der Waals surface area contributed by atoms with E-state index in [1.165, 1.54) is 10.6 Å². The number of hydrogen-bond donors (Lipinski definition) is 2. The topological polar surface area (TPSA) is 70.4 Å². The lowest BCUT2D eigenvalue weighted by Gasteiger charge is -1.95. The van der Waals surface area contributed by atoms with E-state index in [0.717, 1.165) is 0 Å². The molecule has 0 atom stereocenters. The van der Waals surface area contributed by atoms with Crippen molar-refractivity contribution in [3.8, 4) is 5.75 Å². The fraction of sp³-hybridized carbons (Fsp3) is 0. The third kappa shape index (κ3) is 0.845. The van der Waals surface area contributed by atoms with Crippen molar-refractivity contribution < 1.29 is 5.11 Å². The summed E-state index contributed by atoms with van der Waals surface area (Å²) >= 11 is 3.11. The third-order valence-corrected chi connectivity index (χ3v) is 2.15. The molecule has 0 saturated carbocycles. The zero-order chi connectivity index (χ0) is 8.72. The molecule has 2 N–H and O–H groups in total. The molecule has 5 nitrogen and oxygen atoms in total. The van der Waals surface area contributed by atoms with Gasteiger partial charge in [-0.05, 0) is 22.0 Å². The Labute approximate surface area is 74.8 Å². The van der Waals surface area contributed by atoms with Crippen molar-refractivity contribution in [3.05, 3.63) is 27.2 Å². The van der Waals surface area contributed by atoms with E-state index in [0.29, 0.717) is 4.47 Å². The summed E-state index contributed by atoms with van der Waals surface area (Å²) in [5, 5.41) is 15.2. The third-order valence-electron chi connectivity index (χ3n) is 1.51. The van der Waals surface area contributed by atoms with Crippen molar-refractivity contribution in [1.82, 2.24) is 14.6 Å². The number of pyridine rings is 1. The van der Waals surface area contributed by atoms with Gasteiger partial charge in [-0.3, -0.25) is 0 Å². The summed E-state index contributed by atoms with van der Waals surface area (Å²) in [5.74, 6) is -0.0455. The molecule has 0 saturated heterocycles. The molecule has 0 bridgehead atoms. The molecule has 6 heteroatoms. The minimum atomic E-state index is -0.368. The Bertz CT molecular complexity index is 487. The van der Waals surface area contributed by atoms with Gasteiger partial charge < -0.3 is 5.11 Å². The van der Waals surface area contributed by atoms with Gasteiger partial charge in [0.05, 0.1) is 4.47 Å². The van der Waals surface area contributed by atoms with Crippen molar-refractivity contribution in [3.63, 3.8) is 0 Å². The van der Waals surface area contributed by atoms with Crippen molar-refractivity contribution in [2.75, 3.05) is 0 Å². The Morgan fingerprint density at radius 1 is 1.67 bits per heavy atom. The van der Waals surface area contributed by atoms with Crippen molar-refractivity contribution >= 4 is 21.6 Å². The van der Waals surface area contributed by atoms with E-state index in [2.05, 4.69) is 26.1 Å². The molecular weight excluding hydrogens is 226 g/mol. The molecule has 0 aliphatic carbocycles. The molecule has 12 heavy (non-hydrogen) atoms. The Hall–Kier alpha value is -1.30. The van der Waals surface area contributed by atoms with Crippen LogP contribution in [-0.4, -0.2) is 19.7 Å². The molecule has 62 valence electrons. The number of aromatic nitrogens is 3. The van der Waals surface area contributed by atoms with Crippen LogP contribution in [0.2, 0.25) is 0 Å². The monoisotopic (exact) mass is 229 g/mol. The maximum absolute atomic E-state index is 11.0. The summed E-state index contributed by atoms with van der Waals surface area (Å²) in [6.07, 6.45) is 1.52. The first kappa shape index (κ1) is 7.35. The van der Waals surface area contributed by atoms with E-state index in [4.69, 9.17) is 0 Å². The Morgan fingerprint density at radius 2 is 2.42 bits per heavy atom. The second-order valence-electron chi connectivity index (χ2n) is 2.23. The van der Waals surface area contributed by atoms with E-state index < -0.39 is 0 Å². The van der Waals surface area contributed by atoms with Gasteiger partial charge in [-0.2, -0.15) is 0 Å². The predicted molar refractivity (Wildman–Crippen MR) is 45.2 cm³/mol. The van der Waals surface area contributed by atoms with Crippen molar-refractivity contribution in [2.45, 2.75) is 0 Å². The molecule has 2 heterocycles. The standard InChI is InChI=1S/C6H4BrN3O2/c7-3-1-2-10-5(4(3)11)8-9-6(10)12/h1-2,11H,(H,9,12). The van der Waals surface area contributed by atoms with Gasteiger partial charge in [-0.1, -0.05) is 0 Å². The minimum absolute atomic E-state index is 0.0455. The van der Waals surface area contributed by atoms with E-state index >= 15 is 0 Å². The average molecular weight is 230 g/mol. The second-order valence-corrected chi connectivity index (χ2v) is 3.09. The number of aromatic hydroxyl groups is 1. The summed E-state index contributed by atoms with van der Waals surface area (Å²) in [6.45, 7) is 0. The highest BCUT2D eigenvalue weighted by atomic mass is 79.9. The number of nitrogens with one attached hydrogen (secondary N) is 1. The summed E-state index contributed by atoms with van der Waals surface area (Å²) in [4.78, 5) is 11.0. The van der Waals surface area contributed by atoms with Crippen LogP contribution in [0.25, 0.3) is 5.65 Å². The molecule has 0 aliphatic rings. The molecule has 2 aromatic heterocycles. The zero-order valence-corrected chi connectivity index (χ0v) is 7.37. The van der Waals surface area contributed by atoms with Gasteiger partial charge in [0.1, 0.15) is 0 Å². The number of nitrogens with zero attached hydrogens (tertiary/aromatic N) is 2. The summed E-state index contributed by atoms with van der Waals surface area (Å²) < 4.78 is 1.73. The summed E-state index contributed by atoms with van der Waals surface area (Å²) in [6, 6.07) is 1.57.